The van der Waals surface area contributed by atoms with Gasteiger partial charge in [0.15, 0.2) is 11.5 Å². The van der Waals surface area contributed by atoms with Crippen molar-refractivity contribution >= 4 is 17.5 Å². The Morgan fingerprint density at radius 2 is 1.73 bits per heavy atom. The number of methoxy groups -OCH3 is 2. The Kier molecular flexibility index (Phi) is 5.88. The topological polar surface area (TPSA) is 85.4 Å². The van der Waals surface area contributed by atoms with Gasteiger partial charge in [-0.1, -0.05) is 19.3 Å². The van der Waals surface area contributed by atoms with E-state index in [1.807, 2.05) is 6.07 Å². The van der Waals surface area contributed by atoms with E-state index < -0.39 is 0 Å². The summed E-state index contributed by atoms with van der Waals surface area (Å²) in [6.07, 6.45) is 8.77. The molecule has 0 spiro atoms. The summed E-state index contributed by atoms with van der Waals surface area (Å²) < 4.78 is 10.5. The molecule has 7 nitrogen and oxygen atoms in total. The zero-order valence-corrected chi connectivity index (χ0v) is 15.1. The summed E-state index contributed by atoms with van der Waals surface area (Å²) in [5.74, 6) is 1.55. The minimum absolute atomic E-state index is 0.116. The molecule has 0 bridgehead atoms. The lowest BCUT2D eigenvalue weighted by Gasteiger charge is -2.22. The molecule has 138 valence electrons. The molecule has 3 rings (SSSR count). The van der Waals surface area contributed by atoms with E-state index in [2.05, 4.69) is 20.6 Å². The van der Waals surface area contributed by atoms with Gasteiger partial charge in [0.25, 0.3) is 5.91 Å². The van der Waals surface area contributed by atoms with Gasteiger partial charge in [-0.15, -0.1) is 0 Å². The van der Waals surface area contributed by atoms with Gasteiger partial charge < -0.3 is 20.1 Å². The average molecular weight is 356 g/mol. The third kappa shape index (κ3) is 4.41. The van der Waals surface area contributed by atoms with E-state index >= 15 is 0 Å². The van der Waals surface area contributed by atoms with Crippen molar-refractivity contribution in [2.24, 2.45) is 0 Å². The van der Waals surface area contributed by atoms with Crippen LogP contribution in [0.1, 0.15) is 42.5 Å². The van der Waals surface area contributed by atoms with Crippen LogP contribution in [0.5, 0.6) is 11.5 Å². The number of anilines is 2. The standard InChI is InChI=1S/C19H24N4O3/c1-25-16-9-8-15(10-17(16)26-2)23-19-20-11-13(12-21-19)18(24)22-14-6-4-3-5-7-14/h8-12,14H,3-7H2,1-2H3,(H,22,24)(H,20,21,23). The molecule has 1 heterocycles. The van der Waals surface area contributed by atoms with Crippen LogP contribution in [0.4, 0.5) is 11.6 Å². The molecule has 1 saturated carbocycles. The monoisotopic (exact) mass is 356 g/mol. The summed E-state index contributed by atoms with van der Waals surface area (Å²) in [7, 11) is 3.17. The Balaban J connectivity index is 1.63. The molecule has 2 N–H and O–H groups in total. The molecule has 7 heteroatoms. The van der Waals surface area contributed by atoms with Crippen LogP contribution in [0, 0.1) is 0 Å². The summed E-state index contributed by atoms with van der Waals surface area (Å²) in [6.45, 7) is 0. The largest absolute Gasteiger partial charge is 0.493 e. The summed E-state index contributed by atoms with van der Waals surface area (Å²) in [5.41, 5.74) is 1.23. The van der Waals surface area contributed by atoms with E-state index in [-0.39, 0.29) is 11.9 Å². The highest BCUT2D eigenvalue weighted by atomic mass is 16.5. The fraction of sp³-hybridized carbons (Fsp3) is 0.421. The smallest absolute Gasteiger partial charge is 0.254 e. The molecule has 1 fully saturated rings. The van der Waals surface area contributed by atoms with Crippen molar-refractivity contribution < 1.29 is 14.3 Å². The van der Waals surface area contributed by atoms with Gasteiger partial charge in [0.2, 0.25) is 5.95 Å². The second kappa shape index (κ2) is 8.51. The van der Waals surface area contributed by atoms with Gasteiger partial charge in [-0.05, 0) is 25.0 Å². The zero-order chi connectivity index (χ0) is 18.4. The van der Waals surface area contributed by atoms with Gasteiger partial charge in [-0.2, -0.15) is 0 Å². The molecule has 1 aromatic carbocycles. The summed E-state index contributed by atoms with van der Waals surface area (Å²) in [4.78, 5) is 20.8. The average Bonchev–Trinajstić information content (AvgIpc) is 2.69. The van der Waals surface area contributed by atoms with E-state index in [0.717, 1.165) is 18.5 Å². The number of hydrogen-bond donors (Lipinski definition) is 2. The first-order valence-electron chi connectivity index (χ1n) is 8.81. The van der Waals surface area contributed by atoms with Crippen molar-refractivity contribution in [2.45, 2.75) is 38.1 Å². The fourth-order valence-corrected chi connectivity index (χ4v) is 3.07. The Labute approximate surface area is 153 Å². The maximum atomic E-state index is 12.3. The van der Waals surface area contributed by atoms with Crippen molar-refractivity contribution in [3.05, 3.63) is 36.2 Å². The van der Waals surface area contributed by atoms with Crippen molar-refractivity contribution in [3.63, 3.8) is 0 Å². The van der Waals surface area contributed by atoms with Crippen LogP contribution < -0.4 is 20.1 Å². The molecule has 0 aliphatic heterocycles. The van der Waals surface area contributed by atoms with Gasteiger partial charge in [-0.25, -0.2) is 9.97 Å². The summed E-state index contributed by atoms with van der Waals surface area (Å²) in [5, 5.41) is 6.15. The molecule has 0 radical (unpaired) electrons. The van der Waals surface area contributed by atoms with Crippen LogP contribution in [0.3, 0.4) is 0 Å². The number of carbonyl (C=O) groups is 1. The summed E-state index contributed by atoms with van der Waals surface area (Å²) in [6, 6.07) is 5.70. The molecule has 0 saturated heterocycles. The van der Waals surface area contributed by atoms with Gasteiger partial charge in [-0.3, -0.25) is 4.79 Å². The molecule has 1 aliphatic rings. The number of nitrogens with one attached hydrogen (secondary N) is 2. The lowest BCUT2D eigenvalue weighted by Crippen LogP contribution is -2.36. The second-order valence-corrected chi connectivity index (χ2v) is 6.30. The first-order valence-corrected chi connectivity index (χ1v) is 8.81. The van der Waals surface area contributed by atoms with Crippen LogP contribution in [0.2, 0.25) is 0 Å². The molecular weight excluding hydrogens is 332 g/mol. The first-order chi connectivity index (χ1) is 12.7. The minimum Gasteiger partial charge on any atom is -0.493 e. The maximum absolute atomic E-state index is 12.3. The van der Waals surface area contributed by atoms with Gasteiger partial charge >= 0.3 is 0 Å². The SMILES string of the molecule is COc1ccc(Nc2ncc(C(=O)NC3CCCCC3)cn2)cc1OC. The number of aromatic nitrogens is 2. The normalized spacial score (nSPS) is 14.5. The number of benzene rings is 1. The molecule has 2 aromatic rings. The molecule has 0 unspecified atom stereocenters. The molecule has 1 amide bonds. The van der Waals surface area contributed by atoms with E-state index in [0.29, 0.717) is 23.0 Å². The lowest BCUT2D eigenvalue weighted by atomic mass is 9.95. The molecule has 0 atom stereocenters. The number of rotatable bonds is 6. The van der Waals surface area contributed by atoms with Gasteiger partial charge in [0.05, 0.1) is 19.8 Å². The Morgan fingerprint density at radius 3 is 2.38 bits per heavy atom. The van der Waals surface area contributed by atoms with Crippen LogP contribution in [-0.4, -0.2) is 36.1 Å². The van der Waals surface area contributed by atoms with Crippen LogP contribution in [0.15, 0.2) is 30.6 Å². The number of nitrogens with zero attached hydrogens (tertiary/aromatic N) is 2. The number of amides is 1. The number of carbonyl (C=O) groups excluding carboxylic acids is 1. The van der Waals surface area contributed by atoms with E-state index in [4.69, 9.17) is 9.47 Å². The van der Waals surface area contributed by atoms with Crippen molar-refractivity contribution in [1.82, 2.24) is 15.3 Å². The van der Waals surface area contributed by atoms with Crippen LogP contribution >= 0.6 is 0 Å². The predicted molar refractivity (Wildman–Crippen MR) is 99.2 cm³/mol. The molecule has 1 aliphatic carbocycles. The van der Waals surface area contributed by atoms with Crippen molar-refractivity contribution in [3.8, 4) is 11.5 Å². The quantitative estimate of drug-likeness (QED) is 0.826. The molecule has 26 heavy (non-hydrogen) atoms. The third-order valence-corrected chi connectivity index (χ3v) is 4.49. The fourth-order valence-electron chi connectivity index (χ4n) is 3.07. The van der Waals surface area contributed by atoms with Crippen molar-refractivity contribution in [2.75, 3.05) is 19.5 Å². The highest BCUT2D eigenvalue weighted by Crippen LogP contribution is 2.30. The number of hydrogen-bond acceptors (Lipinski definition) is 6. The highest BCUT2D eigenvalue weighted by molar-refractivity contribution is 5.93. The van der Waals surface area contributed by atoms with E-state index in [1.54, 1.807) is 26.4 Å². The predicted octanol–water partition coefficient (Wildman–Crippen LogP) is 3.30. The molecular formula is C19H24N4O3. The Hall–Kier alpha value is -2.83. The number of ether oxygens (including phenoxy) is 2. The van der Waals surface area contributed by atoms with Crippen LogP contribution in [-0.2, 0) is 0 Å². The van der Waals surface area contributed by atoms with E-state index in [1.165, 1.54) is 31.7 Å². The zero-order valence-electron chi connectivity index (χ0n) is 15.1. The first kappa shape index (κ1) is 18.0. The van der Waals surface area contributed by atoms with Gasteiger partial charge in [0.1, 0.15) is 0 Å². The van der Waals surface area contributed by atoms with Crippen molar-refractivity contribution in [1.29, 1.82) is 0 Å². The molecule has 1 aromatic heterocycles. The highest BCUT2D eigenvalue weighted by Gasteiger charge is 2.17. The second-order valence-electron chi connectivity index (χ2n) is 6.30. The third-order valence-electron chi connectivity index (χ3n) is 4.49. The van der Waals surface area contributed by atoms with Crippen LogP contribution in [0.25, 0.3) is 0 Å². The Morgan fingerprint density at radius 1 is 1.04 bits per heavy atom. The van der Waals surface area contributed by atoms with E-state index in [9.17, 15) is 4.79 Å². The lowest BCUT2D eigenvalue weighted by molar-refractivity contribution is 0.0927. The Bertz CT molecular complexity index is 743. The minimum atomic E-state index is -0.116. The maximum Gasteiger partial charge on any atom is 0.254 e. The van der Waals surface area contributed by atoms with Gasteiger partial charge in [0, 0.05) is 30.2 Å². The summed E-state index contributed by atoms with van der Waals surface area (Å²) >= 11 is 0.